The standard InChI is InChI=1S/C11H14F4N2O/c12-9-3-1-8(2-4-9)10(17-16)5-6-18-7-11(13,14)15/h1-4,10,17H,5-7,16H2. The van der Waals surface area contributed by atoms with Crippen LogP contribution in [-0.4, -0.2) is 19.4 Å². The van der Waals surface area contributed by atoms with Crippen LogP contribution in [0.3, 0.4) is 0 Å². The largest absolute Gasteiger partial charge is 0.411 e. The monoisotopic (exact) mass is 266 g/mol. The van der Waals surface area contributed by atoms with Crippen molar-refractivity contribution in [2.45, 2.75) is 18.6 Å². The molecule has 0 aliphatic rings. The maximum absolute atomic E-state index is 12.7. The number of rotatable bonds is 6. The van der Waals surface area contributed by atoms with Gasteiger partial charge in [-0.05, 0) is 24.1 Å². The van der Waals surface area contributed by atoms with Gasteiger partial charge in [-0.1, -0.05) is 12.1 Å². The summed E-state index contributed by atoms with van der Waals surface area (Å²) in [4.78, 5) is 0. The van der Waals surface area contributed by atoms with Gasteiger partial charge in [-0.15, -0.1) is 0 Å². The average molecular weight is 266 g/mol. The Kier molecular flexibility index (Phi) is 5.52. The maximum atomic E-state index is 12.7. The van der Waals surface area contributed by atoms with Crippen LogP contribution in [0.4, 0.5) is 17.6 Å². The van der Waals surface area contributed by atoms with Gasteiger partial charge < -0.3 is 4.74 Å². The third kappa shape index (κ3) is 5.44. The van der Waals surface area contributed by atoms with E-state index in [2.05, 4.69) is 10.2 Å². The summed E-state index contributed by atoms with van der Waals surface area (Å²) in [5.74, 6) is 4.90. The Morgan fingerprint density at radius 3 is 2.33 bits per heavy atom. The van der Waals surface area contributed by atoms with E-state index in [1.807, 2.05) is 0 Å². The van der Waals surface area contributed by atoms with E-state index in [-0.39, 0.29) is 24.9 Å². The topological polar surface area (TPSA) is 47.3 Å². The van der Waals surface area contributed by atoms with E-state index in [0.29, 0.717) is 5.56 Å². The summed E-state index contributed by atoms with van der Waals surface area (Å²) in [6.07, 6.45) is -4.07. The summed E-state index contributed by atoms with van der Waals surface area (Å²) in [7, 11) is 0. The van der Waals surface area contributed by atoms with Crippen LogP contribution in [0.1, 0.15) is 18.0 Å². The van der Waals surface area contributed by atoms with Crippen LogP contribution in [0.15, 0.2) is 24.3 Å². The summed E-state index contributed by atoms with van der Waals surface area (Å²) < 4.78 is 52.6. The van der Waals surface area contributed by atoms with Crippen LogP contribution < -0.4 is 11.3 Å². The molecule has 1 aromatic carbocycles. The Morgan fingerprint density at radius 1 is 1.22 bits per heavy atom. The Labute approximate surface area is 102 Å². The van der Waals surface area contributed by atoms with E-state index in [9.17, 15) is 17.6 Å². The average Bonchev–Trinajstić information content (AvgIpc) is 2.29. The van der Waals surface area contributed by atoms with Crippen LogP contribution >= 0.6 is 0 Å². The van der Waals surface area contributed by atoms with Gasteiger partial charge in [0.05, 0.1) is 0 Å². The van der Waals surface area contributed by atoms with E-state index in [0.717, 1.165) is 0 Å². The highest BCUT2D eigenvalue weighted by atomic mass is 19.4. The number of alkyl halides is 3. The van der Waals surface area contributed by atoms with Crippen molar-refractivity contribution in [1.82, 2.24) is 5.43 Å². The Hall–Kier alpha value is -1.18. The third-order valence-corrected chi connectivity index (χ3v) is 2.29. The van der Waals surface area contributed by atoms with Gasteiger partial charge in [-0.2, -0.15) is 13.2 Å². The molecule has 3 nitrogen and oxygen atoms in total. The lowest BCUT2D eigenvalue weighted by atomic mass is 10.1. The maximum Gasteiger partial charge on any atom is 0.411 e. The molecule has 3 N–H and O–H groups in total. The van der Waals surface area contributed by atoms with Crippen LogP contribution in [0.2, 0.25) is 0 Å². The minimum Gasteiger partial charge on any atom is -0.372 e. The van der Waals surface area contributed by atoms with Crippen molar-refractivity contribution in [3.8, 4) is 0 Å². The van der Waals surface area contributed by atoms with Crippen LogP contribution in [0, 0.1) is 5.82 Å². The van der Waals surface area contributed by atoms with Gasteiger partial charge in [0, 0.05) is 12.6 Å². The minimum absolute atomic E-state index is 0.0915. The quantitative estimate of drug-likeness (QED) is 0.359. The van der Waals surface area contributed by atoms with E-state index in [1.54, 1.807) is 0 Å². The molecule has 0 aromatic heterocycles. The summed E-state index contributed by atoms with van der Waals surface area (Å²) >= 11 is 0. The first kappa shape index (κ1) is 14.9. The first-order chi connectivity index (χ1) is 8.42. The van der Waals surface area contributed by atoms with Crippen molar-refractivity contribution in [2.24, 2.45) is 5.84 Å². The predicted octanol–water partition coefficient (Wildman–Crippen LogP) is 2.30. The first-order valence-corrected chi connectivity index (χ1v) is 5.28. The predicted molar refractivity (Wildman–Crippen MR) is 58.0 cm³/mol. The molecule has 7 heteroatoms. The van der Waals surface area contributed by atoms with Crippen molar-refractivity contribution >= 4 is 0 Å². The van der Waals surface area contributed by atoms with Crippen LogP contribution in [0.5, 0.6) is 0 Å². The van der Waals surface area contributed by atoms with Gasteiger partial charge in [-0.25, -0.2) is 4.39 Å². The SMILES string of the molecule is NNC(CCOCC(F)(F)F)c1ccc(F)cc1. The molecule has 0 spiro atoms. The zero-order valence-electron chi connectivity index (χ0n) is 9.51. The number of ether oxygens (including phenoxy) is 1. The molecular formula is C11H14F4N2O. The molecule has 0 saturated heterocycles. The molecule has 0 amide bonds. The zero-order valence-corrected chi connectivity index (χ0v) is 9.51. The van der Waals surface area contributed by atoms with E-state index < -0.39 is 12.8 Å². The zero-order chi connectivity index (χ0) is 13.6. The van der Waals surface area contributed by atoms with Crippen molar-refractivity contribution in [3.05, 3.63) is 35.6 Å². The highest BCUT2D eigenvalue weighted by Gasteiger charge is 2.27. The fourth-order valence-corrected chi connectivity index (χ4v) is 1.43. The molecule has 1 unspecified atom stereocenters. The van der Waals surface area contributed by atoms with Gasteiger partial charge in [-0.3, -0.25) is 11.3 Å². The van der Waals surface area contributed by atoms with Gasteiger partial charge in [0.15, 0.2) is 0 Å². The number of nitrogens with two attached hydrogens (primary N) is 1. The number of hydrazine groups is 1. The number of halogens is 4. The molecule has 0 aliphatic heterocycles. The molecule has 0 saturated carbocycles. The van der Waals surface area contributed by atoms with Crippen molar-refractivity contribution in [3.63, 3.8) is 0 Å². The fraction of sp³-hybridized carbons (Fsp3) is 0.455. The first-order valence-electron chi connectivity index (χ1n) is 5.28. The van der Waals surface area contributed by atoms with Crippen molar-refractivity contribution in [1.29, 1.82) is 0 Å². The second kappa shape index (κ2) is 6.67. The van der Waals surface area contributed by atoms with Gasteiger partial charge in [0.2, 0.25) is 0 Å². The van der Waals surface area contributed by atoms with E-state index in [4.69, 9.17) is 5.84 Å². The molecule has 0 bridgehead atoms. The highest BCUT2D eigenvalue weighted by molar-refractivity contribution is 5.19. The second-order valence-corrected chi connectivity index (χ2v) is 3.73. The second-order valence-electron chi connectivity index (χ2n) is 3.73. The number of nitrogens with one attached hydrogen (secondary N) is 1. The molecule has 0 heterocycles. The summed E-state index contributed by atoms with van der Waals surface area (Å²) in [6.45, 7) is -1.38. The van der Waals surface area contributed by atoms with Crippen LogP contribution in [0.25, 0.3) is 0 Å². The molecule has 0 radical (unpaired) electrons. The van der Waals surface area contributed by atoms with E-state index >= 15 is 0 Å². The van der Waals surface area contributed by atoms with Gasteiger partial charge in [0.1, 0.15) is 12.4 Å². The van der Waals surface area contributed by atoms with Gasteiger partial charge in [0.25, 0.3) is 0 Å². The summed E-state index contributed by atoms with van der Waals surface area (Å²) in [5.41, 5.74) is 3.14. The van der Waals surface area contributed by atoms with E-state index in [1.165, 1.54) is 24.3 Å². The third-order valence-electron chi connectivity index (χ3n) is 2.29. The Bertz CT molecular complexity index is 353. The lowest BCUT2D eigenvalue weighted by molar-refractivity contribution is -0.174. The Balaban J connectivity index is 2.40. The summed E-state index contributed by atoms with van der Waals surface area (Å²) in [5, 5.41) is 0. The van der Waals surface area contributed by atoms with Crippen molar-refractivity contribution in [2.75, 3.05) is 13.2 Å². The number of hydrogen-bond acceptors (Lipinski definition) is 3. The molecule has 18 heavy (non-hydrogen) atoms. The normalized spacial score (nSPS) is 13.6. The molecule has 1 rings (SSSR count). The molecular weight excluding hydrogens is 252 g/mol. The smallest absolute Gasteiger partial charge is 0.372 e. The molecule has 1 atom stereocenters. The summed E-state index contributed by atoms with van der Waals surface area (Å²) in [6, 6.07) is 5.18. The molecule has 1 aromatic rings. The number of benzene rings is 1. The number of hydrogen-bond donors (Lipinski definition) is 2. The molecule has 0 aliphatic carbocycles. The lowest BCUT2D eigenvalue weighted by Gasteiger charge is -2.16. The highest BCUT2D eigenvalue weighted by Crippen LogP contribution is 2.18. The minimum atomic E-state index is -4.33. The molecule has 102 valence electrons. The fourth-order valence-electron chi connectivity index (χ4n) is 1.43. The van der Waals surface area contributed by atoms with Crippen LogP contribution in [-0.2, 0) is 4.74 Å². The lowest BCUT2D eigenvalue weighted by Crippen LogP contribution is -2.29. The van der Waals surface area contributed by atoms with Crippen molar-refractivity contribution < 1.29 is 22.3 Å². The molecule has 0 fully saturated rings. The van der Waals surface area contributed by atoms with Gasteiger partial charge >= 0.3 is 6.18 Å². The Morgan fingerprint density at radius 2 is 1.83 bits per heavy atom.